The minimum Gasteiger partial charge on any atom is -0.550 e. The van der Waals surface area contributed by atoms with Crippen LogP contribution in [0, 0.1) is 0 Å². The Morgan fingerprint density at radius 3 is 2.69 bits per heavy atom. The number of carboxylic acids is 2. The van der Waals surface area contributed by atoms with Gasteiger partial charge >= 0.3 is 0 Å². The summed E-state index contributed by atoms with van der Waals surface area (Å²) in [6.07, 6.45) is 0.502. The normalized spacial score (nSPS) is 16.8. The zero-order valence-electron chi connectivity index (χ0n) is 13.5. The van der Waals surface area contributed by atoms with Crippen molar-refractivity contribution in [2.24, 2.45) is 0 Å². The van der Waals surface area contributed by atoms with E-state index in [-0.39, 0.29) is 20.7 Å². The second-order valence-electron chi connectivity index (χ2n) is 5.12. The smallest absolute Gasteiger partial charge is 0.266 e. The molecule has 1 saturated heterocycles. The summed E-state index contributed by atoms with van der Waals surface area (Å²) in [5.74, 6) is -3.97. The van der Waals surface area contributed by atoms with E-state index in [4.69, 9.17) is 17.0 Å². The number of thioether (sulfide) groups is 1. The van der Waals surface area contributed by atoms with Crippen LogP contribution in [0.1, 0.15) is 18.9 Å². The Hall–Kier alpha value is -2.59. The molecule has 0 aliphatic carbocycles. The predicted molar refractivity (Wildman–Crippen MR) is 92.7 cm³/mol. The van der Waals surface area contributed by atoms with Gasteiger partial charge in [0.15, 0.2) is 11.5 Å². The third-order valence-electron chi connectivity index (χ3n) is 3.35. The number of nitrogens with zero attached hydrogens (tertiary/aromatic N) is 1. The number of amides is 1. The van der Waals surface area contributed by atoms with Gasteiger partial charge in [-0.1, -0.05) is 30.0 Å². The fraction of sp³-hybridized carbons (Fsp3) is 0.250. The Morgan fingerprint density at radius 2 is 2.12 bits per heavy atom. The highest BCUT2D eigenvalue weighted by Gasteiger charge is 2.37. The van der Waals surface area contributed by atoms with Crippen LogP contribution in [0.4, 0.5) is 0 Å². The Labute approximate surface area is 158 Å². The minimum atomic E-state index is -1.75. The molecule has 1 aromatic carbocycles. The fourth-order valence-corrected chi connectivity index (χ4v) is 3.59. The molecule has 2 rings (SSSR count). The lowest BCUT2D eigenvalue weighted by Crippen LogP contribution is -2.52. The number of rotatable bonds is 7. The Balaban J connectivity index is 2.33. The average Bonchev–Trinajstić information content (AvgIpc) is 2.82. The van der Waals surface area contributed by atoms with E-state index in [1.807, 2.05) is 0 Å². The molecule has 0 spiro atoms. The molecule has 1 atom stereocenters. The van der Waals surface area contributed by atoms with E-state index < -0.39 is 30.3 Å². The number of ether oxygens (including phenoxy) is 1. The van der Waals surface area contributed by atoms with Crippen LogP contribution in [0.25, 0.3) is 6.08 Å². The molecule has 0 bridgehead atoms. The van der Waals surface area contributed by atoms with Crippen molar-refractivity contribution in [1.29, 1.82) is 0 Å². The molecule has 0 aromatic heterocycles. The molecule has 1 amide bonds. The number of aliphatic carboxylic acids is 2. The van der Waals surface area contributed by atoms with Crippen molar-refractivity contribution in [3.63, 3.8) is 0 Å². The summed E-state index contributed by atoms with van der Waals surface area (Å²) < 4.78 is 5.16. The molecule has 26 heavy (non-hydrogen) atoms. The molecule has 1 aliphatic heterocycles. The van der Waals surface area contributed by atoms with Crippen molar-refractivity contribution in [3.8, 4) is 11.5 Å². The maximum absolute atomic E-state index is 12.5. The first kappa shape index (κ1) is 19.7. The highest BCUT2D eigenvalue weighted by Crippen LogP contribution is 2.35. The zero-order valence-corrected chi connectivity index (χ0v) is 15.1. The van der Waals surface area contributed by atoms with Crippen LogP contribution in [-0.4, -0.2) is 44.8 Å². The van der Waals surface area contributed by atoms with Gasteiger partial charge in [0.25, 0.3) is 5.91 Å². The van der Waals surface area contributed by atoms with Gasteiger partial charge in [-0.15, -0.1) is 0 Å². The highest BCUT2D eigenvalue weighted by atomic mass is 32.2. The molecule has 1 unspecified atom stereocenters. The molecule has 8 nitrogen and oxygen atoms in total. The quantitative estimate of drug-likeness (QED) is 0.468. The topological polar surface area (TPSA) is 130 Å². The van der Waals surface area contributed by atoms with Gasteiger partial charge in [0.05, 0.1) is 23.5 Å². The number of aromatic hydroxyl groups is 1. The maximum Gasteiger partial charge on any atom is 0.266 e. The van der Waals surface area contributed by atoms with Crippen molar-refractivity contribution in [2.45, 2.75) is 19.4 Å². The largest absolute Gasteiger partial charge is 0.550 e. The molecule has 1 aliphatic rings. The predicted octanol–water partition coefficient (Wildman–Crippen LogP) is -0.749. The lowest BCUT2D eigenvalue weighted by molar-refractivity contribution is -0.319. The van der Waals surface area contributed by atoms with Crippen molar-refractivity contribution >= 4 is 52.2 Å². The lowest BCUT2D eigenvalue weighted by Gasteiger charge is -2.27. The van der Waals surface area contributed by atoms with Gasteiger partial charge in [-0.25, -0.2) is 0 Å². The Morgan fingerprint density at radius 1 is 1.42 bits per heavy atom. The van der Waals surface area contributed by atoms with Gasteiger partial charge in [-0.3, -0.25) is 9.69 Å². The number of carboxylic acid groups (broad SMARTS) is 2. The molecule has 0 radical (unpaired) electrons. The van der Waals surface area contributed by atoms with Crippen LogP contribution < -0.4 is 14.9 Å². The molecule has 10 heteroatoms. The first-order chi connectivity index (χ1) is 12.2. The van der Waals surface area contributed by atoms with E-state index in [2.05, 4.69) is 0 Å². The maximum atomic E-state index is 12.5. The monoisotopic (exact) mass is 395 g/mol. The summed E-state index contributed by atoms with van der Waals surface area (Å²) in [5, 5.41) is 31.6. The molecule has 0 saturated carbocycles. The van der Waals surface area contributed by atoms with E-state index in [9.17, 15) is 29.7 Å². The van der Waals surface area contributed by atoms with E-state index in [1.54, 1.807) is 6.92 Å². The van der Waals surface area contributed by atoms with Gasteiger partial charge < -0.3 is 29.6 Å². The summed E-state index contributed by atoms with van der Waals surface area (Å²) in [6.45, 7) is 2.07. The Bertz CT molecular complexity index is 806. The molecule has 1 heterocycles. The summed E-state index contributed by atoms with van der Waals surface area (Å²) in [5.41, 5.74) is 0.511. The average molecular weight is 395 g/mol. The number of carbonyl (C=O) groups is 3. The first-order valence-corrected chi connectivity index (χ1v) is 8.60. The van der Waals surface area contributed by atoms with E-state index in [0.29, 0.717) is 17.1 Å². The first-order valence-electron chi connectivity index (χ1n) is 7.38. The molecule has 1 fully saturated rings. The van der Waals surface area contributed by atoms with Crippen LogP contribution in [-0.2, 0) is 14.4 Å². The molecule has 138 valence electrons. The van der Waals surface area contributed by atoms with Crippen LogP contribution in [0.15, 0.2) is 23.1 Å². The number of phenolic OH excluding ortho intramolecular Hbond substituents is 1. The second kappa shape index (κ2) is 8.19. The number of hydrogen-bond donors (Lipinski definition) is 1. The highest BCUT2D eigenvalue weighted by molar-refractivity contribution is 8.26. The number of thiocarbonyl (C=S) groups is 1. The van der Waals surface area contributed by atoms with Gasteiger partial charge in [0.1, 0.15) is 4.32 Å². The summed E-state index contributed by atoms with van der Waals surface area (Å²) in [4.78, 5) is 35.2. The van der Waals surface area contributed by atoms with Crippen LogP contribution in [0.5, 0.6) is 11.5 Å². The van der Waals surface area contributed by atoms with Gasteiger partial charge in [0, 0.05) is 12.4 Å². The SMILES string of the molecule is CCOc1cc(C=C2SC(=S)N(C(CC(=O)[O-])C(=O)[O-])C2=O)ccc1O. The van der Waals surface area contributed by atoms with Crippen molar-refractivity contribution < 1.29 is 34.4 Å². The lowest BCUT2D eigenvalue weighted by atomic mass is 10.1. The zero-order chi connectivity index (χ0) is 19.4. The van der Waals surface area contributed by atoms with Crippen LogP contribution in [0.3, 0.4) is 0 Å². The standard InChI is InChI=1S/C16H15NO7S2/c1-2-24-11-5-8(3-4-10(11)18)6-12-14(21)17(16(25)26-12)9(15(22)23)7-13(19)20/h3-6,9,18H,2,7H2,1H3,(H,19,20)(H,22,23)/p-2. The third-order valence-corrected chi connectivity index (χ3v) is 4.68. The molecular weight excluding hydrogens is 382 g/mol. The summed E-state index contributed by atoms with van der Waals surface area (Å²) in [7, 11) is 0. The van der Waals surface area contributed by atoms with Crippen molar-refractivity contribution in [2.75, 3.05) is 6.61 Å². The van der Waals surface area contributed by atoms with E-state index in [0.717, 1.165) is 11.8 Å². The third kappa shape index (κ3) is 4.33. The number of phenols is 1. The summed E-state index contributed by atoms with van der Waals surface area (Å²) >= 11 is 5.84. The van der Waals surface area contributed by atoms with Crippen LogP contribution in [0.2, 0.25) is 0 Å². The van der Waals surface area contributed by atoms with E-state index >= 15 is 0 Å². The van der Waals surface area contributed by atoms with E-state index in [1.165, 1.54) is 24.3 Å². The van der Waals surface area contributed by atoms with Gasteiger partial charge in [-0.2, -0.15) is 0 Å². The molecule has 1 aromatic rings. The molecule has 1 N–H and O–H groups in total. The minimum absolute atomic E-state index is 0.0671. The summed E-state index contributed by atoms with van der Waals surface area (Å²) in [6, 6.07) is 2.67. The fourth-order valence-electron chi connectivity index (χ4n) is 2.23. The number of benzene rings is 1. The van der Waals surface area contributed by atoms with Crippen LogP contribution >= 0.6 is 24.0 Å². The van der Waals surface area contributed by atoms with Gasteiger partial charge in [-0.05, 0) is 30.7 Å². The number of carbonyl (C=O) groups excluding carboxylic acids is 3. The molecular formula is C16H13NO7S2-2. The van der Waals surface area contributed by atoms with Gasteiger partial charge in [0.2, 0.25) is 0 Å². The van der Waals surface area contributed by atoms with Crippen molar-refractivity contribution in [3.05, 3.63) is 28.7 Å². The van der Waals surface area contributed by atoms with Crippen molar-refractivity contribution in [1.82, 2.24) is 4.90 Å². The second-order valence-corrected chi connectivity index (χ2v) is 6.80. The Kier molecular flexibility index (Phi) is 6.22. The number of hydrogen-bond acceptors (Lipinski definition) is 9.